The number of carbonyl (C=O) groups excluding carboxylic acids is 2. The first-order valence-corrected chi connectivity index (χ1v) is 11.5. The smallest absolute Gasteiger partial charge is 0.231 e. The number of carbonyl (C=O) groups is 2. The quantitative estimate of drug-likeness (QED) is 0.722. The fourth-order valence-electron chi connectivity index (χ4n) is 4.90. The Morgan fingerprint density at radius 2 is 1.59 bits per heavy atom. The van der Waals surface area contributed by atoms with E-state index in [-0.39, 0.29) is 37.5 Å². The average Bonchev–Trinajstić information content (AvgIpc) is 3.52. The predicted molar refractivity (Wildman–Crippen MR) is 121 cm³/mol. The summed E-state index contributed by atoms with van der Waals surface area (Å²) >= 11 is 0. The van der Waals surface area contributed by atoms with Gasteiger partial charge in [0.25, 0.3) is 0 Å². The number of para-hydroxylation sites is 1. The number of rotatable bonds is 5. The molecular weight excluding hydrogens is 406 g/mol. The molecule has 0 N–H and O–H groups in total. The van der Waals surface area contributed by atoms with Crippen molar-refractivity contribution in [2.45, 2.75) is 31.7 Å². The molecule has 1 unspecified atom stereocenters. The second-order valence-electron chi connectivity index (χ2n) is 8.56. The van der Waals surface area contributed by atoms with Crippen LogP contribution in [-0.2, 0) is 9.59 Å². The van der Waals surface area contributed by atoms with Crippen LogP contribution in [0.25, 0.3) is 0 Å². The number of hydrogen-bond acceptors (Lipinski definition) is 5. The van der Waals surface area contributed by atoms with E-state index in [2.05, 4.69) is 17.0 Å². The molecule has 1 atom stereocenters. The van der Waals surface area contributed by atoms with Crippen LogP contribution >= 0.6 is 0 Å². The van der Waals surface area contributed by atoms with E-state index in [0.717, 1.165) is 49.5 Å². The number of benzene rings is 2. The van der Waals surface area contributed by atoms with Crippen molar-refractivity contribution in [3.8, 4) is 11.5 Å². The van der Waals surface area contributed by atoms with Gasteiger partial charge in [-0.25, -0.2) is 0 Å². The molecule has 0 bridgehead atoms. The number of likely N-dealkylation sites (tertiary alicyclic amines) is 1. The number of fused-ring (bicyclic) bond motifs is 1. The zero-order valence-electron chi connectivity index (χ0n) is 18.2. The molecule has 2 aromatic carbocycles. The Bertz CT molecular complexity index is 972. The van der Waals surface area contributed by atoms with Crippen LogP contribution in [0.1, 0.15) is 37.3 Å². The van der Waals surface area contributed by atoms with E-state index in [0.29, 0.717) is 13.1 Å². The summed E-state index contributed by atoms with van der Waals surface area (Å²) in [5.74, 6) is 1.63. The Morgan fingerprint density at radius 1 is 0.844 bits per heavy atom. The molecule has 5 rings (SSSR count). The second kappa shape index (κ2) is 9.10. The van der Waals surface area contributed by atoms with Crippen molar-refractivity contribution in [3.63, 3.8) is 0 Å². The molecule has 7 nitrogen and oxygen atoms in total. The molecule has 2 aromatic rings. The first-order chi connectivity index (χ1) is 15.7. The molecule has 2 saturated heterocycles. The van der Waals surface area contributed by atoms with E-state index in [4.69, 9.17) is 9.47 Å². The van der Waals surface area contributed by atoms with Crippen LogP contribution in [0, 0.1) is 0 Å². The van der Waals surface area contributed by atoms with E-state index in [1.807, 2.05) is 46.2 Å². The van der Waals surface area contributed by atoms with Crippen molar-refractivity contribution in [2.75, 3.05) is 44.4 Å². The van der Waals surface area contributed by atoms with Crippen LogP contribution in [0.15, 0.2) is 48.5 Å². The van der Waals surface area contributed by atoms with Gasteiger partial charge in [0.1, 0.15) is 0 Å². The lowest BCUT2D eigenvalue weighted by atomic mass is 10.0. The van der Waals surface area contributed by atoms with Crippen LogP contribution in [0.5, 0.6) is 11.5 Å². The average molecular weight is 436 g/mol. The Kier molecular flexibility index (Phi) is 5.88. The maximum Gasteiger partial charge on any atom is 0.231 e. The summed E-state index contributed by atoms with van der Waals surface area (Å²) in [5, 5.41) is 0. The molecule has 32 heavy (non-hydrogen) atoms. The lowest BCUT2D eigenvalue weighted by molar-refractivity contribution is -0.137. The van der Waals surface area contributed by atoms with Gasteiger partial charge in [-0.1, -0.05) is 24.3 Å². The first kappa shape index (κ1) is 20.7. The number of piperazine rings is 1. The number of ether oxygens (including phenoxy) is 2. The van der Waals surface area contributed by atoms with Gasteiger partial charge in [-0.3, -0.25) is 9.59 Å². The maximum absolute atomic E-state index is 13.0. The second-order valence-corrected chi connectivity index (χ2v) is 8.56. The number of anilines is 1. The van der Waals surface area contributed by atoms with Gasteiger partial charge in [0.05, 0.1) is 6.04 Å². The largest absolute Gasteiger partial charge is 0.454 e. The lowest BCUT2D eigenvalue weighted by Gasteiger charge is -2.36. The molecule has 3 aliphatic rings. The molecule has 0 aromatic heterocycles. The first-order valence-electron chi connectivity index (χ1n) is 11.5. The normalized spacial score (nSPS) is 20.0. The SMILES string of the molecule is O=C(CCC(=O)N1CCCC1c1ccc2c(c1)OCO2)N1CCN(c2ccccc2)CC1. The van der Waals surface area contributed by atoms with Gasteiger partial charge in [-0.15, -0.1) is 0 Å². The van der Waals surface area contributed by atoms with Gasteiger partial charge < -0.3 is 24.2 Å². The van der Waals surface area contributed by atoms with E-state index in [1.54, 1.807) is 0 Å². The van der Waals surface area contributed by atoms with E-state index in [1.165, 1.54) is 5.69 Å². The standard InChI is InChI=1S/C25H29N3O4/c29-24(27-15-13-26(14-16-27)20-5-2-1-3-6-20)10-11-25(30)28-12-4-7-21(28)19-8-9-22-23(17-19)32-18-31-22/h1-3,5-6,8-9,17,21H,4,7,10-16,18H2. The third kappa shape index (κ3) is 4.24. The van der Waals surface area contributed by atoms with E-state index < -0.39 is 0 Å². The molecule has 0 aliphatic carbocycles. The molecule has 0 spiro atoms. The fourth-order valence-corrected chi connectivity index (χ4v) is 4.90. The number of amides is 2. The van der Waals surface area contributed by atoms with Gasteiger partial charge >= 0.3 is 0 Å². The monoisotopic (exact) mass is 435 g/mol. The Hall–Kier alpha value is -3.22. The van der Waals surface area contributed by atoms with Crippen LogP contribution in [0.4, 0.5) is 5.69 Å². The maximum atomic E-state index is 13.0. The fraction of sp³-hybridized carbons (Fsp3) is 0.440. The molecule has 2 amide bonds. The van der Waals surface area contributed by atoms with Crippen molar-refractivity contribution < 1.29 is 19.1 Å². The number of nitrogens with zero attached hydrogens (tertiary/aromatic N) is 3. The molecule has 0 saturated carbocycles. The molecule has 3 heterocycles. The van der Waals surface area contributed by atoms with Crippen LogP contribution in [-0.4, -0.2) is 61.1 Å². The summed E-state index contributed by atoms with van der Waals surface area (Å²) in [7, 11) is 0. The molecule has 168 valence electrons. The van der Waals surface area contributed by atoms with Crippen molar-refractivity contribution in [1.29, 1.82) is 0 Å². The minimum Gasteiger partial charge on any atom is -0.454 e. The Balaban J connectivity index is 1.13. The van der Waals surface area contributed by atoms with Gasteiger partial charge in [-0.2, -0.15) is 0 Å². The molecule has 2 fully saturated rings. The van der Waals surface area contributed by atoms with Crippen molar-refractivity contribution in [2.24, 2.45) is 0 Å². The predicted octanol–water partition coefficient (Wildman–Crippen LogP) is 3.21. The minimum absolute atomic E-state index is 0.0431. The number of hydrogen-bond donors (Lipinski definition) is 0. The third-order valence-corrected chi connectivity index (χ3v) is 6.66. The summed E-state index contributed by atoms with van der Waals surface area (Å²) in [6.07, 6.45) is 2.44. The minimum atomic E-state index is 0.0431. The third-order valence-electron chi connectivity index (χ3n) is 6.66. The van der Waals surface area contributed by atoms with Gasteiger partial charge in [-0.05, 0) is 42.7 Å². The van der Waals surface area contributed by atoms with Gasteiger partial charge in [0.2, 0.25) is 18.6 Å². The summed E-state index contributed by atoms with van der Waals surface area (Å²) in [5.41, 5.74) is 2.27. The van der Waals surface area contributed by atoms with Crippen molar-refractivity contribution >= 4 is 17.5 Å². The lowest BCUT2D eigenvalue weighted by Crippen LogP contribution is -2.49. The molecule has 0 radical (unpaired) electrons. The zero-order chi connectivity index (χ0) is 21.9. The van der Waals surface area contributed by atoms with Crippen LogP contribution < -0.4 is 14.4 Å². The van der Waals surface area contributed by atoms with E-state index in [9.17, 15) is 9.59 Å². The van der Waals surface area contributed by atoms with E-state index >= 15 is 0 Å². The topological polar surface area (TPSA) is 62.3 Å². The summed E-state index contributed by atoms with van der Waals surface area (Å²) in [6.45, 7) is 4.02. The highest BCUT2D eigenvalue weighted by molar-refractivity contribution is 5.84. The molecule has 7 heteroatoms. The Morgan fingerprint density at radius 3 is 2.41 bits per heavy atom. The van der Waals surface area contributed by atoms with Crippen LogP contribution in [0.3, 0.4) is 0 Å². The van der Waals surface area contributed by atoms with Crippen LogP contribution in [0.2, 0.25) is 0 Å². The Labute approximate surface area is 188 Å². The highest BCUT2D eigenvalue weighted by Crippen LogP contribution is 2.39. The highest BCUT2D eigenvalue weighted by Gasteiger charge is 2.31. The molecular formula is C25H29N3O4. The summed E-state index contributed by atoms with van der Waals surface area (Å²) in [6, 6.07) is 16.2. The van der Waals surface area contributed by atoms with Crippen molar-refractivity contribution in [1.82, 2.24) is 9.80 Å². The summed E-state index contributed by atoms with van der Waals surface area (Å²) in [4.78, 5) is 31.8. The van der Waals surface area contributed by atoms with Crippen molar-refractivity contribution in [3.05, 3.63) is 54.1 Å². The molecule has 3 aliphatic heterocycles. The zero-order valence-corrected chi connectivity index (χ0v) is 18.2. The van der Waals surface area contributed by atoms with Gasteiger partial charge in [0, 0.05) is 51.3 Å². The highest BCUT2D eigenvalue weighted by atomic mass is 16.7. The summed E-state index contributed by atoms with van der Waals surface area (Å²) < 4.78 is 10.9. The van der Waals surface area contributed by atoms with Gasteiger partial charge in [0.15, 0.2) is 11.5 Å².